The summed E-state index contributed by atoms with van der Waals surface area (Å²) in [5, 5.41) is 11.1. The van der Waals surface area contributed by atoms with Crippen molar-refractivity contribution in [1.29, 1.82) is 0 Å². The van der Waals surface area contributed by atoms with Crippen molar-refractivity contribution in [2.75, 3.05) is 0 Å². The zero-order chi connectivity index (χ0) is 14.8. The van der Waals surface area contributed by atoms with E-state index in [2.05, 4.69) is 13.2 Å². The Bertz CT molecular complexity index is 408. The van der Waals surface area contributed by atoms with Crippen LogP contribution in [0.15, 0.2) is 48.7 Å². The molecule has 0 aromatic rings. The average Bonchev–Trinajstić information content (AvgIpc) is 2.33. The fourth-order valence-corrected chi connectivity index (χ4v) is 1.99. The molecule has 19 heavy (non-hydrogen) atoms. The van der Waals surface area contributed by atoms with Crippen molar-refractivity contribution in [1.82, 2.24) is 0 Å². The van der Waals surface area contributed by atoms with Crippen LogP contribution in [0.4, 0.5) is 0 Å². The zero-order valence-electron chi connectivity index (χ0n) is 11.5. The first-order valence-corrected chi connectivity index (χ1v) is 6.21. The topological polar surface area (TPSA) is 60.2 Å². The molecule has 0 spiro atoms. The summed E-state index contributed by atoms with van der Waals surface area (Å²) in [6.45, 7) is 11.0. The summed E-state index contributed by atoms with van der Waals surface area (Å²) >= 11 is 0. The summed E-state index contributed by atoms with van der Waals surface area (Å²) < 4.78 is 0. The van der Waals surface area contributed by atoms with Crippen LogP contribution in [0.2, 0.25) is 0 Å². The summed E-state index contributed by atoms with van der Waals surface area (Å²) in [4.78, 5) is 21.1. The first-order valence-electron chi connectivity index (χ1n) is 6.21. The van der Waals surface area contributed by atoms with Crippen molar-refractivity contribution in [3.8, 4) is 0 Å². The lowest BCUT2D eigenvalue weighted by Gasteiger charge is -2.17. The molecule has 0 N–H and O–H groups in total. The maximum absolute atomic E-state index is 11.1. The Balaban J connectivity index is 5.20. The summed E-state index contributed by atoms with van der Waals surface area (Å²) in [5.41, 5.74) is 0.637. The van der Waals surface area contributed by atoms with Crippen LogP contribution in [-0.2, 0) is 4.79 Å². The second-order valence-electron chi connectivity index (χ2n) is 4.55. The minimum Gasteiger partial charge on any atom is -0.303 e. The number of carbonyl (C=O) groups is 1. The maximum Gasteiger partial charge on any atom is 0.272 e. The van der Waals surface area contributed by atoms with Crippen LogP contribution in [-0.4, -0.2) is 11.2 Å². The van der Waals surface area contributed by atoms with Crippen LogP contribution in [0.5, 0.6) is 0 Å². The van der Waals surface area contributed by atoms with E-state index in [1.165, 1.54) is 18.2 Å². The van der Waals surface area contributed by atoms with E-state index < -0.39 is 4.92 Å². The summed E-state index contributed by atoms with van der Waals surface area (Å²) in [7, 11) is 0. The number of rotatable bonds is 9. The molecular formula is C15H21NO3. The van der Waals surface area contributed by atoms with E-state index in [1.807, 2.05) is 13.8 Å². The standard InChI is InChI=1S/C15H21NO3/c1-5-7-14(15(8-6-2)16(18)19)13(4)11-12(3)9-10-17/h5-8,10,12-13H,1-2,9,11H2,3-4H3/b14-7-,15-8+. The number of hydrogen-bond donors (Lipinski definition) is 0. The van der Waals surface area contributed by atoms with Crippen LogP contribution in [0.3, 0.4) is 0 Å². The Hall–Kier alpha value is -1.97. The SMILES string of the molecule is C=C/C=C(\C(=C/C=C)[N+](=O)[O-])C(C)CC(C)CC=O. The van der Waals surface area contributed by atoms with Gasteiger partial charge in [-0.2, -0.15) is 0 Å². The number of nitro groups is 1. The molecule has 104 valence electrons. The molecule has 4 nitrogen and oxygen atoms in total. The molecule has 0 amide bonds. The lowest BCUT2D eigenvalue weighted by molar-refractivity contribution is -0.421. The summed E-state index contributed by atoms with van der Waals surface area (Å²) in [6, 6.07) is 0. The van der Waals surface area contributed by atoms with Gasteiger partial charge in [-0.3, -0.25) is 10.1 Å². The normalized spacial score (nSPS) is 15.5. The number of carbonyl (C=O) groups excluding carboxylic acids is 1. The monoisotopic (exact) mass is 263 g/mol. The predicted octanol–water partition coefficient (Wildman–Crippen LogP) is 3.70. The predicted molar refractivity (Wildman–Crippen MR) is 77.2 cm³/mol. The van der Waals surface area contributed by atoms with Crippen molar-refractivity contribution in [2.45, 2.75) is 26.7 Å². The highest BCUT2D eigenvalue weighted by atomic mass is 16.6. The average molecular weight is 263 g/mol. The molecule has 0 aliphatic rings. The van der Waals surface area contributed by atoms with E-state index in [4.69, 9.17) is 0 Å². The molecule has 2 unspecified atom stereocenters. The Labute approximate surface area is 114 Å². The van der Waals surface area contributed by atoms with Crippen LogP contribution in [0, 0.1) is 22.0 Å². The highest BCUT2D eigenvalue weighted by molar-refractivity contribution is 5.49. The van der Waals surface area contributed by atoms with Gasteiger partial charge in [-0.25, -0.2) is 0 Å². The molecule has 0 aliphatic carbocycles. The molecule has 0 radical (unpaired) electrons. The Kier molecular flexibility index (Phi) is 8.09. The van der Waals surface area contributed by atoms with Gasteiger partial charge >= 0.3 is 0 Å². The third kappa shape index (κ3) is 5.95. The third-order valence-electron chi connectivity index (χ3n) is 2.85. The molecular weight excluding hydrogens is 242 g/mol. The van der Waals surface area contributed by atoms with Gasteiger partial charge < -0.3 is 4.79 Å². The van der Waals surface area contributed by atoms with Crippen LogP contribution in [0.1, 0.15) is 26.7 Å². The van der Waals surface area contributed by atoms with Crippen molar-refractivity contribution < 1.29 is 9.72 Å². The van der Waals surface area contributed by atoms with Gasteiger partial charge in [-0.05, 0) is 18.3 Å². The van der Waals surface area contributed by atoms with Crippen molar-refractivity contribution in [3.63, 3.8) is 0 Å². The molecule has 0 fully saturated rings. The van der Waals surface area contributed by atoms with Crippen molar-refractivity contribution in [3.05, 3.63) is 58.8 Å². The zero-order valence-corrected chi connectivity index (χ0v) is 11.5. The second-order valence-corrected chi connectivity index (χ2v) is 4.55. The van der Waals surface area contributed by atoms with E-state index in [-0.39, 0.29) is 17.5 Å². The number of allylic oxidation sites excluding steroid dienone is 5. The minimum atomic E-state index is -0.419. The molecule has 0 heterocycles. The largest absolute Gasteiger partial charge is 0.303 e. The van der Waals surface area contributed by atoms with E-state index in [0.29, 0.717) is 18.4 Å². The number of aldehydes is 1. The lowest BCUT2D eigenvalue weighted by Crippen LogP contribution is -2.12. The lowest BCUT2D eigenvalue weighted by atomic mass is 9.87. The van der Waals surface area contributed by atoms with Gasteiger partial charge in [0, 0.05) is 18.1 Å². The van der Waals surface area contributed by atoms with E-state index in [1.54, 1.807) is 6.08 Å². The smallest absolute Gasteiger partial charge is 0.272 e. The number of nitrogens with zero attached hydrogens (tertiary/aromatic N) is 1. The fourth-order valence-electron chi connectivity index (χ4n) is 1.99. The molecule has 0 bridgehead atoms. The number of hydrogen-bond acceptors (Lipinski definition) is 3. The first kappa shape index (κ1) is 17.0. The molecule has 0 aromatic heterocycles. The highest BCUT2D eigenvalue weighted by Gasteiger charge is 2.23. The van der Waals surface area contributed by atoms with Crippen LogP contribution < -0.4 is 0 Å². The van der Waals surface area contributed by atoms with Gasteiger partial charge in [0.15, 0.2) is 0 Å². The van der Waals surface area contributed by atoms with Gasteiger partial charge in [-0.1, -0.05) is 45.2 Å². The fraction of sp³-hybridized carbons (Fsp3) is 0.400. The van der Waals surface area contributed by atoms with Crippen LogP contribution in [0.25, 0.3) is 0 Å². The van der Waals surface area contributed by atoms with Crippen LogP contribution >= 0.6 is 0 Å². The molecule has 2 atom stereocenters. The van der Waals surface area contributed by atoms with E-state index in [9.17, 15) is 14.9 Å². The Morgan fingerprint density at radius 1 is 1.26 bits per heavy atom. The molecule has 0 saturated heterocycles. The second kappa shape index (κ2) is 9.03. The third-order valence-corrected chi connectivity index (χ3v) is 2.85. The van der Waals surface area contributed by atoms with Gasteiger partial charge in [0.05, 0.1) is 4.92 Å². The molecule has 0 saturated carbocycles. The van der Waals surface area contributed by atoms with E-state index in [0.717, 1.165) is 6.29 Å². The minimum absolute atomic E-state index is 0.0236. The quantitative estimate of drug-likeness (QED) is 0.276. The summed E-state index contributed by atoms with van der Waals surface area (Å²) in [5.74, 6) is 0.169. The molecule has 0 rings (SSSR count). The van der Waals surface area contributed by atoms with Gasteiger partial charge in [0.2, 0.25) is 0 Å². The molecule has 0 aromatic carbocycles. The van der Waals surface area contributed by atoms with Crippen molar-refractivity contribution >= 4 is 6.29 Å². The van der Waals surface area contributed by atoms with Crippen molar-refractivity contribution in [2.24, 2.45) is 11.8 Å². The first-order chi connectivity index (χ1) is 8.97. The Morgan fingerprint density at radius 3 is 2.26 bits per heavy atom. The van der Waals surface area contributed by atoms with Gasteiger partial charge in [0.1, 0.15) is 6.29 Å². The van der Waals surface area contributed by atoms with Gasteiger partial charge in [0.25, 0.3) is 5.70 Å². The molecule has 4 heteroatoms. The van der Waals surface area contributed by atoms with Gasteiger partial charge in [-0.15, -0.1) is 0 Å². The highest BCUT2D eigenvalue weighted by Crippen LogP contribution is 2.27. The Morgan fingerprint density at radius 2 is 1.84 bits per heavy atom. The summed E-state index contributed by atoms with van der Waals surface area (Å²) in [6.07, 6.45) is 8.02. The maximum atomic E-state index is 11.1. The molecule has 0 aliphatic heterocycles. The van der Waals surface area contributed by atoms with E-state index >= 15 is 0 Å².